The Morgan fingerprint density at radius 3 is 2.96 bits per heavy atom. The molecule has 7 heteroatoms. The Balaban J connectivity index is 1.58. The van der Waals surface area contributed by atoms with Crippen molar-refractivity contribution in [2.24, 2.45) is 0 Å². The number of pyridine rings is 1. The summed E-state index contributed by atoms with van der Waals surface area (Å²) in [5.41, 5.74) is 3.64. The maximum absolute atomic E-state index is 12.9. The fourth-order valence-corrected chi connectivity index (χ4v) is 3.60. The topological polar surface area (TPSA) is 76.3 Å². The van der Waals surface area contributed by atoms with Crippen LogP contribution in [0.15, 0.2) is 30.7 Å². The number of carbonyl (C=O) groups excluding carboxylic acids is 1. The van der Waals surface area contributed by atoms with Gasteiger partial charge in [-0.1, -0.05) is 6.92 Å². The van der Waals surface area contributed by atoms with E-state index in [1.54, 1.807) is 10.7 Å². The normalized spacial score (nSPS) is 17.6. The van der Waals surface area contributed by atoms with Crippen molar-refractivity contribution in [1.82, 2.24) is 29.5 Å². The zero-order valence-corrected chi connectivity index (χ0v) is 15.1. The number of nitrogens with zero attached hydrogens (tertiary/aromatic N) is 6. The summed E-state index contributed by atoms with van der Waals surface area (Å²) in [6.45, 7) is 5.47. The minimum absolute atomic E-state index is 0.0467. The van der Waals surface area contributed by atoms with Gasteiger partial charge in [0.2, 0.25) is 0 Å². The first-order chi connectivity index (χ1) is 12.7. The van der Waals surface area contributed by atoms with Crippen molar-refractivity contribution in [2.75, 3.05) is 13.1 Å². The molecule has 0 bridgehead atoms. The van der Waals surface area contributed by atoms with Gasteiger partial charge < -0.3 is 4.90 Å². The van der Waals surface area contributed by atoms with E-state index in [-0.39, 0.29) is 11.8 Å². The van der Waals surface area contributed by atoms with E-state index < -0.39 is 0 Å². The Kier molecular flexibility index (Phi) is 4.36. The molecule has 134 valence electrons. The zero-order chi connectivity index (χ0) is 18.1. The minimum Gasteiger partial charge on any atom is -0.338 e. The molecule has 0 spiro atoms. The van der Waals surface area contributed by atoms with Crippen LogP contribution >= 0.6 is 0 Å². The smallest absolute Gasteiger partial charge is 0.255 e. The van der Waals surface area contributed by atoms with Gasteiger partial charge >= 0.3 is 0 Å². The maximum atomic E-state index is 12.9. The zero-order valence-electron chi connectivity index (χ0n) is 15.1. The number of aromatic nitrogens is 5. The second kappa shape index (κ2) is 6.82. The van der Waals surface area contributed by atoms with Crippen molar-refractivity contribution in [3.63, 3.8) is 0 Å². The SMILES string of the molecule is CCc1ccc(C(=O)N2CCCC(c3cc(C)nc4ncnn34)C2)cn1. The van der Waals surface area contributed by atoms with E-state index in [1.807, 2.05) is 24.0 Å². The molecule has 1 aliphatic heterocycles. The highest BCUT2D eigenvalue weighted by Gasteiger charge is 2.27. The Labute approximate surface area is 152 Å². The van der Waals surface area contributed by atoms with E-state index in [9.17, 15) is 4.79 Å². The highest BCUT2D eigenvalue weighted by atomic mass is 16.2. The number of hydrogen-bond acceptors (Lipinski definition) is 5. The molecule has 3 aromatic rings. The first kappa shape index (κ1) is 16.6. The van der Waals surface area contributed by atoms with Gasteiger partial charge in [0.25, 0.3) is 11.7 Å². The number of likely N-dealkylation sites (tertiary alicyclic amines) is 1. The second-order valence-electron chi connectivity index (χ2n) is 6.78. The fourth-order valence-electron chi connectivity index (χ4n) is 3.60. The largest absolute Gasteiger partial charge is 0.338 e. The average molecular weight is 350 g/mol. The molecule has 4 heterocycles. The highest BCUT2D eigenvalue weighted by molar-refractivity contribution is 5.94. The Morgan fingerprint density at radius 1 is 1.31 bits per heavy atom. The molecule has 1 aliphatic rings. The van der Waals surface area contributed by atoms with Crippen LogP contribution in [0.5, 0.6) is 0 Å². The highest BCUT2D eigenvalue weighted by Crippen LogP contribution is 2.28. The molecule has 26 heavy (non-hydrogen) atoms. The molecular weight excluding hydrogens is 328 g/mol. The summed E-state index contributed by atoms with van der Waals surface area (Å²) in [5.74, 6) is 0.884. The van der Waals surface area contributed by atoms with Crippen LogP contribution in [0.1, 0.15) is 53.1 Å². The van der Waals surface area contributed by atoms with Crippen molar-refractivity contribution in [3.8, 4) is 0 Å². The van der Waals surface area contributed by atoms with Gasteiger partial charge in [-0.2, -0.15) is 10.1 Å². The van der Waals surface area contributed by atoms with Gasteiger partial charge in [0.05, 0.1) is 11.3 Å². The van der Waals surface area contributed by atoms with Crippen molar-refractivity contribution >= 4 is 11.7 Å². The third-order valence-electron chi connectivity index (χ3n) is 4.97. The summed E-state index contributed by atoms with van der Waals surface area (Å²) in [7, 11) is 0. The van der Waals surface area contributed by atoms with Gasteiger partial charge in [0.15, 0.2) is 0 Å². The average Bonchev–Trinajstić information content (AvgIpc) is 3.15. The number of rotatable bonds is 3. The van der Waals surface area contributed by atoms with E-state index in [0.29, 0.717) is 17.9 Å². The predicted molar refractivity (Wildman–Crippen MR) is 97.0 cm³/mol. The fraction of sp³-hybridized carbons (Fsp3) is 0.421. The number of amides is 1. The third kappa shape index (κ3) is 3.05. The molecule has 0 saturated carbocycles. The van der Waals surface area contributed by atoms with E-state index in [4.69, 9.17) is 0 Å². The molecule has 0 radical (unpaired) electrons. The Morgan fingerprint density at radius 2 is 2.19 bits per heavy atom. The number of carbonyl (C=O) groups is 1. The van der Waals surface area contributed by atoms with E-state index >= 15 is 0 Å². The Hall–Kier alpha value is -2.83. The lowest BCUT2D eigenvalue weighted by atomic mass is 9.93. The quantitative estimate of drug-likeness (QED) is 0.725. The lowest BCUT2D eigenvalue weighted by Gasteiger charge is -2.33. The molecule has 3 aromatic heterocycles. The lowest BCUT2D eigenvalue weighted by Crippen LogP contribution is -2.39. The first-order valence-electron chi connectivity index (χ1n) is 9.07. The van der Waals surface area contributed by atoms with Crippen molar-refractivity contribution in [2.45, 2.75) is 39.0 Å². The van der Waals surface area contributed by atoms with Gasteiger partial charge in [-0.25, -0.2) is 9.50 Å². The third-order valence-corrected chi connectivity index (χ3v) is 4.97. The van der Waals surface area contributed by atoms with Crippen LogP contribution in [0.25, 0.3) is 5.78 Å². The van der Waals surface area contributed by atoms with E-state index in [0.717, 1.165) is 42.9 Å². The summed E-state index contributed by atoms with van der Waals surface area (Å²) in [6.07, 6.45) is 6.08. The van der Waals surface area contributed by atoms with E-state index in [1.165, 1.54) is 6.33 Å². The van der Waals surface area contributed by atoms with Crippen LogP contribution in [-0.2, 0) is 6.42 Å². The minimum atomic E-state index is 0.0467. The first-order valence-corrected chi connectivity index (χ1v) is 9.07. The molecule has 0 aliphatic carbocycles. The van der Waals surface area contributed by atoms with Gasteiger partial charge in [-0.15, -0.1) is 0 Å². The molecule has 1 saturated heterocycles. The van der Waals surface area contributed by atoms with Crippen LogP contribution in [0.4, 0.5) is 0 Å². The lowest BCUT2D eigenvalue weighted by molar-refractivity contribution is 0.0704. The van der Waals surface area contributed by atoms with Crippen LogP contribution < -0.4 is 0 Å². The van der Waals surface area contributed by atoms with E-state index in [2.05, 4.69) is 33.0 Å². The van der Waals surface area contributed by atoms with Crippen molar-refractivity contribution < 1.29 is 4.79 Å². The molecule has 1 amide bonds. The standard InChI is InChI=1S/C19H22N6O/c1-3-16-7-6-14(10-20-16)18(26)24-8-4-5-15(11-24)17-9-13(2)23-19-21-12-22-25(17)19/h6-7,9-10,12,15H,3-5,8,11H2,1-2H3. The van der Waals surface area contributed by atoms with Gasteiger partial charge in [-0.05, 0) is 44.4 Å². The summed E-state index contributed by atoms with van der Waals surface area (Å²) in [4.78, 5) is 27.8. The summed E-state index contributed by atoms with van der Waals surface area (Å²) in [5, 5.41) is 4.31. The molecule has 7 nitrogen and oxygen atoms in total. The molecule has 4 rings (SSSR count). The van der Waals surface area contributed by atoms with Crippen LogP contribution in [-0.4, -0.2) is 48.5 Å². The summed E-state index contributed by atoms with van der Waals surface area (Å²) < 4.78 is 1.79. The number of fused-ring (bicyclic) bond motifs is 1. The number of piperidine rings is 1. The van der Waals surface area contributed by atoms with Crippen LogP contribution in [0.2, 0.25) is 0 Å². The molecular formula is C19H22N6O. The summed E-state index contributed by atoms with van der Waals surface area (Å²) >= 11 is 0. The Bertz CT molecular complexity index is 933. The van der Waals surface area contributed by atoms with Crippen LogP contribution in [0, 0.1) is 6.92 Å². The van der Waals surface area contributed by atoms with Crippen molar-refractivity contribution in [3.05, 3.63) is 53.4 Å². The molecule has 1 fully saturated rings. The predicted octanol–water partition coefficient (Wildman–Crippen LogP) is 2.41. The van der Waals surface area contributed by atoms with Crippen LogP contribution in [0.3, 0.4) is 0 Å². The van der Waals surface area contributed by atoms with Crippen molar-refractivity contribution in [1.29, 1.82) is 0 Å². The second-order valence-corrected chi connectivity index (χ2v) is 6.78. The number of aryl methyl sites for hydroxylation is 2. The van der Waals surface area contributed by atoms with Gasteiger partial charge in [-0.3, -0.25) is 9.78 Å². The van der Waals surface area contributed by atoms with Gasteiger partial charge in [0, 0.05) is 36.6 Å². The molecule has 1 unspecified atom stereocenters. The maximum Gasteiger partial charge on any atom is 0.255 e. The number of hydrogen-bond donors (Lipinski definition) is 0. The summed E-state index contributed by atoms with van der Waals surface area (Å²) in [6, 6.07) is 5.86. The van der Waals surface area contributed by atoms with Gasteiger partial charge in [0.1, 0.15) is 6.33 Å². The monoisotopic (exact) mass is 350 g/mol. The molecule has 1 atom stereocenters. The molecule has 0 aromatic carbocycles. The molecule has 0 N–H and O–H groups in total.